The minimum absolute atomic E-state index is 0.618. The molecule has 0 spiro atoms. The van der Waals surface area contributed by atoms with Crippen LogP contribution < -0.4 is 5.32 Å². The summed E-state index contributed by atoms with van der Waals surface area (Å²) in [7, 11) is 3.97. The summed E-state index contributed by atoms with van der Waals surface area (Å²) in [5.41, 5.74) is 0. The fraction of sp³-hybridized carbons (Fsp3) is 1.00. The Labute approximate surface area is 87.8 Å². The molecule has 2 unspecified atom stereocenters. The van der Waals surface area contributed by atoms with Crippen LogP contribution in [0.25, 0.3) is 0 Å². The number of rotatable bonds is 5. The van der Waals surface area contributed by atoms with E-state index < -0.39 is 0 Å². The first-order valence-corrected chi connectivity index (χ1v) is 5.65. The molecule has 1 N–H and O–H groups in total. The molecule has 0 amide bonds. The van der Waals surface area contributed by atoms with E-state index in [1.807, 2.05) is 0 Å². The smallest absolute Gasteiger partial charge is 0.0587 e. The Kier molecular flexibility index (Phi) is 5.45. The first-order chi connectivity index (χ1) is 6.74. The largest absolute Gasteiger partial charge is 0.383 e. The number of nitrogens with zero attached hydrogens (tertiary/aromatic N) is 1. The number of likely N-dealkylation sites (tertiary alicyclic amines) is 1. The summed E-state index contributed by atoms with van der Waals surface area (Å²) in [6.45, 7) is 6.58. The molecular formula is C11H24N2O. The third kappa shape index (κ3) is 3.95. The highest BCUT2D eigenvalue weighted by Gasteiger charge is 2.21. The van der Waals surface area contributed by atoms with Gasteiger partial charge in [0.25, 0.3) is 0 Å². The minimum Gasteiger partial charge on any atom is -0.383 e. The fourth-order valence-corrected chi connectivity index (χ4v) is 2.17. The van der Waals surface area contributed by atoms with Crippen LogP contribution >= 0.6 is 0 Å². The van der Waals surface area contributed by atoms with Crippen LogP contribution in [0, 0.1) is 5.92 Å². The van der Waals surface area contributed by atoms with Crippen molar-refractivity contribution >= 4 is 0 Å². The Bertz CT molecular complexity index is 152. The zero-order valence-corrected chi connectivity index (χ0v) is 9.75. The van der Waals surface area contributed by atoms with Gasteiger partial charge in [0, 0.05) is 26.2 Å². The Balaban J connectivity index is 2.18. The maximum absolute atomic E-state index is 5.03. The summed E-state index contributed by atoms with van der Waals surface area (Å²) in [6.07, 6.45) is 2.71. The highest BCUT2D eigenvalue weighted by atomic mass is 16.5. The third-order valence-corrected chi connectivity index (χ3v) is 3.14. The first-order valence-electron chi connectivity index (χ1n) is 5.65. The van der Waals surface area contributed by atoms with Gasteiger partial charge in [0.2, 0.25) is 0 Å². The molecule has 0 aromatic heterocycles. The van der Waals surface area contributed by atoms with Gasteiger partial charge < -0.3 is 15.0 Å². The SMILES string of the molecule is COCCNC(C)C1CCCN(C)C1. The van der Waals surface area contributed by atoms with Crippen LogP contribution in [0.4, 0.5) is 0 Å². The van der Waals surface area contributed by atoms with Gasteiger partial charge in [-0.2, -0.15) is 0 Å². The lowest BCUT2D eigenvalue weighted by atomic mass is 9.92. The lowest BCUT2D eigenvalue weighted by Gasteiger charge is -2.33. The molecule has 14 heavy (non-hydrogen) atoms. The molecule has 0 radical (unpaired) electrons. The van der Waals surface area contributed by atoms with E-state index in [0.717, 1.165) is 19.1 Å². The van der Waals surface area contributed by atoms with Crippen LogP contribution in [0.5, 0.6) is 0 Å². The van der Waals surface area contributed by atoms with Crippen molar-refractivity contribution in [2.75, 3.05) is 40.4 Å². The topological polar surface area (TPSA) is 24.5 Å². The zero-order valence-electron chi connectivity index (χ0n) is 9.75. The van der Waals surface area contributed by atoms with Crippen LogP contribution in [0.15, 0.2) is 0 Å². The van der Waals surface area contributed by atoms with Crippen molar-refractivity contribution in [3.8, 4) is 0 Å². The highest BCUT2D eigenvalue weighted by molar-refractivity contribution is 4.78. The Morgan fingerprint density at radius 1 is 1.57 bits per heavy atom. The summed E-state index contributed by atoms with van der Waals surface area (Å²) < 4.78 is 5.03. The van der Waals surface area contributed by atoms with Crippen molar-refractivity contribution in [3.05, 3.63) is 0 Å². The van der Waals surface area contributed by atoms with E-state index in [0.29, 0.717) is 6.04 Å². The number of piperidine rings is 1. The van der Waals surface area contributed by atoms with Gasteiger partial charge in [0.15, 0.2) is 0 Å². The number of hydrogen-bond acceptors (Lipinski definition) is 3. The van der Waals surface area contributed by atoms with Gasteiger partial charge in [-0.1, -0.05) is 0 Å². The van der Waals surface area contributed by atoms with Gasteiger partial charge in [-0.3, -0.25) is 0 Å². The standard InChI is InChI=1S/C11H24N2O/c1-10(12-6-8-14-3)11-5-4-7-13(2)9-11/h10-12H,4-9H2,1-3H3. The zero-order chi connectivity index (χ0) is 10.4. The number of nitrogens with one attached hydrogen (secondary N) is 1. The molecule has 1 heterocycles. The van der Waals surface area contributed by atoms with Crippen LogP contribution in [0.3, 0.4) is 0 Å². The molecule has 1 aliphatic rings. The predicted octanol–water partition coefficient (Wildman–Crippen LogP) is 0.953. The molecule has 1 saturated heterocycles. The molecular weight excluding hydrogens is 176 g/mol. The van der Waals surface area contributed by atoms with E-state index >= 15 is 0 Å². The van der Waals surface area contributed by atoms with Crippen LogP contribution in [-0.2, 0) is 4.74 Å². The third-order valence-electron chi connectivity index (χ3n) is 3.14. The molecule has 0 bridgehead atoms. The van der Waals surface area contributed by atoms with Gasteiger partial charge in [-0.15, -0.1) is 0 Å². The highest BCUT2D eigenvalue weighted by Crippen LogP contribution is 2.18. The minimum atomic E-state index is 0.618. The van der Waals surface area contributed by atoms with Crippen molar-refractivity contribution in [1.29, 1.82) is 0 Å². The second-order valence-corrected chi connectivity index (χ2v) is 4.40. The van der Waals surface area contributed by atoms with Crippen molar-refractivity contribution in [2.24, 2.45) is 5.92 Å². The predicted molar refractivity (Wildman–Crippen MR) is 59.6 cm³/mol. The van der Waals surface area contributed by atoms with Crippen molar-refractivity contribution in [2.45, 2.75) is 25.8 Å². The second kappa shape index (κ2) is 6.38. The van der Waals surface area contributed by atoms with Crippen molar-refractivity contribution in [3.63, 3.8) is 0 Å². The van der Waals surface area contributed by atoms with E-state index in [9.17, 15) is 0 Å². The maximum atomic E-state index is 5.03. The molecule has 3 heteroatoms. The normalized spacial score (nSPS) is 26.4. The van der Waals surface area contributed by atoms with Crippen LogP contribution in [0.1, 0.15) is 19.8 Å². The lowest BCUT2D eigenvalue weighted by molar-refractivity contribution is 0.162. The average molecular weight is 200 g/mol. The van der Waals surface area contributed by atoms with E-state index in [1.54, 1.807) is 7.11 Å². The van der Waals surface area contributed by atoms with E-state index in [4.69, 9.17) is 4.74 Å². The molecule has 1 fully saturated rings. The van der Waals surface area contributed by atoms with Crippen LogP contribution in [0.2, 0.25) is 0 Å². The quantitative estimate of drug-likeness (QED) is 0.669. The molecule has 1 aliphatic heterocycles. The van der Waals surface area contributed by atoms with Gasteiger partial charge in [-0.25, -0.2) is 0 Å². The van der Waals surface area contributed by atoms with Gasteiger partial charge in [0.05, 0.1) is 6.61 Å². The van der Waals surface area contributed by atoms with E-state index in [-0.39, 0.29) is 0 Å². The summed E-state index contributed by atoms with van der Waals surface area (Å²) >= 11 is 0. The van der Waals surface area contributed by atoms with Crippen molar-refractivity contribution in [1.82, 2.24) is 10.2 Å². The molecule has 3 nitrogen and oxygen atoms in total. The maximum Gasteiger partial charge on any atom is 0.0587 e. The molecule has 0 aliphatic carbocycles. The number of ether oxygens (including phenoxy) is 1. The summed E-state index contributed by atoms with van der Waals surface area (Å²) in [5.74, 6) is 0.811. The Morgan fingerprint density at radius 3 is 3.00 bits per heavy atom. The van der Waals surface area contributed by atoms with Crippen molar-refractivity contribution < 1.29 is 4.74 Å². The Morgan fingerprint density at radius 2 is 2.36 bits per heavy atom. The summed E-state index contributed by atoms with van der Waals surface area (Å²) in [4.78, 5) is 2.43. The second-order valence-electron chi connectivity index (χ2n) is 4.40. The lowest BCUT2D eigenvalue weighted by Crippen LogP contribution is -2.43. The summed E-state index contributed by atoms with van der Waals surface area (Å²) in [6, 6.07) is 0.618. The Hall–Kier alpha value is -0.120. The molecule has 0 aromatic rings. The van der Waals surface area contributed by atoms with E-state index in [2.05, 4.69) is 24.2 Å². The van der Waals surface area contributed by atoms with E-state index in [1.165, 1.54) is 25.9 Å². The molecule has 84 valence electrons. The van der Waals surface area contributed by atoms with Gasteiger partial charge >= 0.3 is 0 Å². The van der Waals surface area contributed by atoms with Gasteiger partial charge in [0.1, 0.15) is 0 Å². The summed E-state index contributed by atoms with van der Waals surface area (Å²) in [5, 5.41) is 3.52. The average Bonchev–Trinajstić information content (AvgIpc) is 2.18. The van der Waals surface area contributed by atoms with Crippen LogP contribution in [-0.4, -0.2) is 51.3 Å². The fourth-order valence-electron chi connectivity index (χ4n) is 2.17. The first kappa shape index (κ1) is 12.0. The van der Waals surface area contributed by atoms with Gasteiger partial charge in [-0.05, 0) is 39.3 Å². The number of methoxy groups -OCH3 is 1. The molecule has 0 aromatic carbocycles. The molecule has 0 saturated carbocycles. The monoisotopic (exact) mass is 200 g/mol. The molecule has 2 atom stereocenters. The molecule has 1 rings (SSSR count). The number of hydrogen-bond donors (Lipinski definition) is 1.